The smallest absolute Gasteiger partial charge is 0.131 e. The van der Waals surface area contributed by atoms with Gasteiger partial charge >= 0.3 is 0 Å². The highest BCUT2D eigenvalue weighted by Crippen LogP contribution is 2.15. The van der Waals surface area contributed by atoms with E-state index in [-0.39, 0.29) is 0 Å². The van der Waals surface area contributed by atoms with Gasteiger partial charge in [-0.25, -0.2) is 4.98 Å². The van der Waals surface area contributed by atoms with Gasteiger partial charge in [0.2, 0.25) is 0 Å². The number of aromatic nitrogens is 1. The minimum absolute atomic E-state index is 0.384. The van der Waals surface area contributed by atoms with E-state index in [4.69, 9.17) is 17.3 Å². The van der Waals surface area contributed by atoms with E-state index in [1.165, 1.54) is 0 Å². The molecule has 0 saturated heterocycles. The van der Waals surface area contributed by atoms with Crippen LogP contribution in [0.4, 0.5) is 11.4 Å². The molecule has 0 fully saturated rings. The Kier molecular flexibility index (Phi) is 3.17. The monoisotopic (exact) mass is 231 g/mol. The highest BCUT2D eigenvalue weighted by molar-refractivity contribution is 6.29. The number of nitrogens with zero attached hydrogens (tertiary/aromatic N) is 2. The van der Waals surface area contributed by atoms with Crippen molar-refractivity contribution in [3.05, 3.63) is 53.3 Å². The van der Waals surface area contributed by atoms with Gasteiger partial charge in [0.15, 0.2) is 0 Å². The van der Waals surface area contributed by atoms with Crippen LogP contribution in [0, 0.1) is 0 Å². The van der Waals surface area contributed by atoms with Crippen LogP contribution in [-0.2, 0) is 0 Å². The van der Waals surface area contributed by atoms with Crippen LogP contribution in [0.5, 0.6) is 0 Å². The SMILES string of the molecule is Nc1cc(Cl)ncc1C=Nc1ccccc1. The van der Waals surface area contributed by atoms with Crippen LogP contribution in [-0.4, -0.2) is 11.2 Å². The Hall–Kier alpha value is -1.87. The Morgan fingerprint density at radius 1 is 1.25 bits per heavy atom. The number of rotatable bonds is 2. The molecule has 0 bridgehead atoms. The summed E-state index contributed by atoms with van der Waals surface area (Å²) in [6.07, 6.45) is 3.28. The van der Waals surface area contributed by atoms with Gasteiger partial charge < -0.3 is 5.73 Å². The normalized spacial score (nSPS) is 10.8. The van der Waals surface area contributed by atoms with Crippen LogP contribution in [0.15, 0.2) is 47.6 Å². The van der Waals surface area contributed by atoms with E-state index in [1.807, 2.05) is 30.3 Å². The van der Waals surface area contributed by atoms with Gasteiger partial charge in [-0.3, -0.25) is 4.99 Å². The molecule has 80 valence electrons. The van der Waals surface area contributed by atoms with Gasteiger partial charge in [-0.1, -0.05) is 29.8 Å². The van der Waals surface area contributed by atoms with Crippen molar-refractivity contribution in [2.75, 3.05) is 5.73 Å². The molecule has 0 aliphatic carbocycles. The van der Waals surface area contributed by atoms with E-state index in [2.05, 4.69) is 9.98 Å². The fourth-order valence-corrected chi connectivity index (χ4v) is 1.39. The standard InChI is InChI=1S/C12H10ClN3/c13-12-6-11(14)9(8-16-12)7-15-10-4-2-1-3-5-10/h1-8H,(H2,14,16). The van der Waals surface area contributed by atoms with Gasteiger partial charge in [0, 0.05) is 23.7 Å². The zero-order chi connectivity index (χ0) is 11.4. The molecule has 0 atom stereocenters. The number of halogens is 1. The van der Waals surface area contributed by atoms with Crippen molar-refractivity contribution in [3.63, 3.8) is 0 Å². The van der Waals surface area contributed by atoms with E-state index in [1.54, 1.807) is 18.5 Å². The first kappa shape index (κ1) is 10.6. The molecule has 3 nitrogen and oxygen atoms in total. The summed E-state index contributed by atoms with van der Waals surface area (Å²) < 4.78 is 0. The quantitative estimate of drug-likeness (QED) is 0.638. The molecule has 4 heteroatoms. The van der Waals surface area contributed by atoms with Crippen molar-refractivity contribution in [1.82, 2.24) is 4.98 Å². The van der Waals surface area contributed by atoms with Gasteiger partial charge in [0.25, 0.3) is 0 Å². The second-order valence-electron chi connectivity index (χ2n) is 3.23. The zero-order valence-electron chi connectivity index (χ0n) is 8.47. The van der Waals surface area contributed by atoms with Crippen LogP contribution in [0.25, 0.3) is 0 Å². The number of hydrogen-bond acceptors (Lipinski definition) is 3. The lowest BCUT2D eigenvalue weighted by atomic mass is 10.2. The molecule has 2 N–H and O–H groups in total. The molecule has 0 aliphatic heterocycles. The van der Waals surface area contributed by atoms with Gasteiger partial charge in [-0.15, -0.1) is 0 Å². The summed E-state index contributed by atoms with van der Waals surface area (Å²) in [5.74, 6) is 0. The summed E-state index contributed by atoms with van der Waals surface area (Å²) in [7, 11) is 0. The maximum atomic E-state index is 5.77. The van der Waals surface area contributed by atoms with Crippen LogP contribution in [0.1, 0.15) is 5.56 Å². The first-order chi connectivity index (χ1) is 7.75. The van der Waals surface area contributed by atoms with E-state index < -0.39 is 0 Å². The molecule has 0 spiro atoms. The molecule has 2 aromatic rings. The molecular weight excluding hydrogens is 222 g/mol. The maximum absolute atomic E-state index is 5.77. The average Bonchev–Trinajstić information content (AvgIpc) is 2.29. The van der Waals surface area contributed by atoms with Crippen molar-refractivity contribution in [1.29, 1.82) is 0 Å². The molecule has 1 heterocycles. The van der Waals surface area contributed by atoms with Crippen molar-refractivity contribution in [2.24, 2.45) is 4.99 Å². The highest BCUT2D eigenvalue weighted by Gasteiger charge is 1.97. The highest BCUT2D eigenvalue weighted by atomic mass is 35.5. The molecule has 0 saturated carbocycles. The minimum Gasteiger partial charge on any atom is -0.398 e. The molecule has 16 heavy (non-hydrogen) atoms. The lowest BCUT2D eigenvalue weighted by Crippen LogP contribution is -1.94. The maximum Gasteiger partial charge on any atom is 0.131 e. The van der Waals surface area contributed by atoms with E-state index >= 15 is 0 Å². The first-order valence-electron chi connectivity index (χ1n) is 4.76. The molecule has 1 aromatic carbocycles. The van der Waals surface area contributed by atoms with Crippen molar-refractivity contribution in [2.45, 2.75) is 0 Å². The Balaban J connectivity index is 2.24. The molecule has 0 radical (unpaired) electrons. The summed E-state index contributed by atoms with van der Waals surface area (Å²) >= 11 is 5.70. The number of aliphatic imine (C=N–C) groups is 1. The number of hydrogen-bond donors (Lipinski definition) is 1. The molecule has 0 aliphatic rings. The Morgan fingerprint density at radius 2 is 2.00 bits per heavy atom. The van der Waals surface area contributed by atoms with Crippen LogP contribution >= 0.6 is 11.6 Å². The fourth-order valence-electron chi connectivity index (χ4n) is 1.22. The fraction of sp³-hybridized carbons (Fsp3) is 0. The number of anilines is 1. The van der Waals surface area contributed by atoms with Gasteiger partial charge in [0.05, 0.1) is 5.69 Å². The average molecular weight is 232 g/mol. The summed E-state index contributed by atoms with van der Waals surface area (Å²) in [5, 5.41) is 0.384. The number of pyridine rings is 1. The van der Waals surface area contributed by atoms with Crippen molar-refractivity contribution in [3.8, 4) is 0 Å². The third-order valence-corrected chi connectivity index (χ3v) is 2.25. The van der Waals surface area contributed by atoms with E-state index in [0.29, 0.717) is 10.8 Å². The molecule has 0 unspecified atom stereocenters. The second kappa shape index (κ2) is 4.77. The van der Waals surface area contributed by atoms with Crippen LogP contribution < -0.4 is 5.73 Å². The Bertz CT molecular complexity index is 509. The third-order valence-electron chi connectivity index (χ3n) is 2.04. The van der Waals surface area contributed by atoms with Gasteiger partial charge in [-0.05, 0) is 18.2 Å². The largest absolute Gasteiger partial charge is 0.398 e. The summed E-state index contributed by atoms with van der Waals surface area (Å²) in [4.78, 5) is 8.23. The van der Waals surface area contributed by atoms with Gasteiger partial charge in [-0.2, -0.15) is 0 Å². The second-order valence-corrected chi connectivity index (χ2v) is 3.62. The number of benzene rings is 1. The molecule has 0 amide bonds. The molecule has 1 aromatic heterocycles. The predicted molar refractivity (Wildman–Crippen MR) is 67.4 cm³/mol. The summed E-state index contributed by atoms with van der Waals surface area (Å²) in [6.45, 7) is 0. The Morgan fingerprint density at radius 3 is 2.69 bits per heavy atom. The number of para-hydroxylation sites is 1. The minimum atomic E-state index is 0.384. The first-order valence-corrected chi connectivity index (χ1v) is 5.13. The molecule has 2 rings (SSSR count). The zero-order valence-corrected chi connectivity index (χ0v) is 9.22. The van der Waals surface area contributed by atoms with E-state index in [9.17, 15) is 0 Å². The van der Waals surface area contributed by atoms with E-state index in [0.717, 1.165) is 11.3 Å². The predicted octanol–water partition coefficient (Wildman–Crippen LogP) is 3.07. The lowest BCUT2D eigenvalue weighted by Gasteiger charge is -1.99. The third kappa shape index (κ3) is 2.58. The van der Waals surface area contributed by atoms with Gasteiger partial charge in [0.1, 0.15) is 5.15 Å². The topological polar surface area (TPSA) is 51.3 Å². The number of nitrogen functional groups attached to an aromatic ring is 1. The van der Waals surface area contributed by atoms with Crippen molar-refractivity contribution < 1.29 is 0 Å². The summed E-state index contributed by atoms with van der Waals surface area (Å²) in [6, 6.07) is 11.2. The number of nitrogens with two attached hydrogens (primary N) is 1. The lowest BCUT2D eigenvalue weighted by molar-refractivity contribution is 1.32. The Labute approximate surface area is 98.6 Å². The van der Waals surface area contributed by atoms with Crippen LogP contribution in [0.3, 0.4) is 0 Å². The molecular formula is C12H10ClN3. The van der Waals surface area contributed by atoms with Crippen LogP contribution in [0.2, 0.25) is 5.15 Å². The van der Waals surface area contributed by atoms with Crippen molar-refractivity contribution >= 4 is 29.2 Å². The summed E-state index contributed by atoms with van der Waals surface area (Å²) in [5.41, 5.74) is 7.97.